The number of unbranched alkanes of at least 4 members (excludes halogenated alkanes) is 3. The first kappa shape index (κ1) is 38.7. The molecule has 4 nitrogen and oxygen atoms in total. The van der Waals surface area contributed by atoms with Crippen molar-refractivity contribution < 1.29 is 18.4 Å². The summed E-state index contributed by atoms with van der Waals surface area (Å²) >= 11 is 1.99. The third kappa shape index (κ3) is 13.4. The molecular formula is C34H66O4SSi2. The van der Waals surface area contributed by atoms with E-state index in [9.17, 15) is 4.79 Å². The molecule has 0 radical (unpaired) electrons. The van der Waals surface area contributed by atoms with Crippen molar-refractivity contribution in [2.75, 3.05) is 12.9 Å². The predicted molar refractivity (Wildman–Crippen MR) is 186 cm³/mol. The van der Waals surface area contributed by atoms with E-state index >= 15 is 0 Å². The van der Waals surface area contributed by atoms with E-state index in [1.54, 1.807) is 0 Å². The van der Waals surface area contributed by atoms with Crippen LogP contribution in [0.15, 0.2) is 23.1 Å². The maximum Gasteiger partial charge on any atom is 0.305 e. The molecule has 0 saturated carbocycles. The lowest BCUT2D eigenvalue weighted by Gasteiger charge is -2.40. The molecule has 0 unspecified atom stereocenters. The van der Waals surface area contributed by atoms with Crippen LogP contribution in [0.1, 0.15) is 113 Å². The number of hydrogen-bond donors (Lipinski definition) is 0. The molecule has 0 fully saturated rings. The average molecular weight is 627 g/mol. The van der Waals surface area contributed by atoms with Crippen molar-refractivity contribution in [1.29, 1.82) is 0 Å². The zero-order chi connectivity index (χ0) is 31.5. The van der Waals surface area contributed by atoms with Crippen LogP contribution in [0.4, 0.5) is 0 Å². The largest absolute Gasteiger partial charge is 0.469 e. The number of carbonyl (C=O) groups excluding carboxylic acids is 1. The molecule has 1 aliphatic carbocycles. The number of ether oxygens (including phenoxy) is 1. The average Bonchev–Trinajstić information content (AvgIpc) is 3.21. The lowest BCUT2D eigenvalue weighted by atomic mass is 9.96. The number of hydrogen-bond acceptors (Lipinski definition) is 5. The maximum atomic E-state index is 11.4. The molecule has 7 heteroatoms. The molecule has 0 aliphatic heterocycles. The zero-order valence-electron chi connectivity index (χ0n) is 29.2. The van der Waals surface area contributed by atoms with E-state index in [0.29, 0.717) is 12.3 Å². The van der Waals surface area contributed by atoms with Crippen molar-refractivity contribution in [2.24, 2.45) is 11.8 Å². The fourth-order valence-corrected chi connectivity index (χ4v) is 8.48. The second-order valence-electron chi connectivity index (χ2n) is 15.3. The van der Waals surface area contributed by atoms with E-state index in [1.165, 1.54) is 31.3 Å². The van der Waals surface area contributed by atoms with Crippen molar-refractivity contribution in [3.05, 3.63) is 23.1 Å². The monoisotopic (exact) mass is 626 g/mol. The van der Waals surface area contributed by atoms with Gasteiger partial charge in [-0.05, 0) is 78.5 Å². The van der Waals surface area contributed by atoms with Gasteiger partial charge in [0.15, 0.2) is 16.6 Å². The van der Waals surface area contributed by atoms with Crippen LogP contribution >= 0.6 is 11.8 Å². The first-order valence-electron chi connectivity index (χ1n) is 16.3. The Morgan fingerprint density at radius 1 is 1.02 bits per heavy atom. The molecule has 0 bridgehead atoms. The molecule has 4 atom stereocenters. The Hall–Kier alpha value is -0.346. The van der Waals surface area contributed by atoms with Crippen molar-refractivity contribution in [3.8, 4) is 0 Å². The summed E-state index contributed by atoms with van der Waals surface area (Å²) in [4.78, 5) is 12.9. The second-order valence-corrected chi connectivity index (χ2v) is 26.0. The van der Waals surface area contributed by atoms with Crippen molar-refractivity contribution >= 4 is 34.4 Å². The quantitative estimate of drug-likeness (QED) is 0.0655. The van der Waals surface area contributed by atoms with Crippen LogP contribution in [0.3, 0.4) is 0 Å². The van der Waals surface area contributed by atoms with E-state index < -0.39 is 16.6 Å². The molecule has 0 saturated heterocycles. The van der Waals surface area contributed by atoms with E-state index in [1.807, 2.05) is 11.8 Å². The molecule has 1 rings (SSSR count). The van der Waals surface area contributed by atoms with Crippen LogP contribution in [-0.2, 0) is 18.4 Å². The maximum absolute atomic E-state index is 11.4. The summed E-state index contributed by atoms with van der Waals surface area (Å²) in [7, 11) is -2.36. The van der Waals surface area contributed by atoms with E-state index in [0.717, 1.165) is 37.9 Å². The Morgan fingerprint density at radius 2 is 1.66 bits per heavy atom. The molecule has 41 heavy (non-hydrogen) atoms. The van der Waals surface area contributed by atoms with Crippen molar-refractivity contribution in [2.45, 2.75) is 162 Å². The molecule has 0 N–H and O–H groups in total. The van der Waals surface area contributed by atoms with E-state index in [2.05, 4.69) is 99.8 Å². The molecule has 0 spiro atoms. The lowest BCUT2D eigenvalue weighted by molar-refractivity contribution is -0.140. The summed E-state index contributed by atoms with van der Waals surface area (Å²) in [5, 5.41) is 0.362. The highest BCUT2D eigenvalue weighted by molar-refractivity contribution is 8.03. The van der Waals surface area contributed by atoms with E-state index in [-0.39, 0.29) is 34.2 Å². The molecule has 0 amide bonds. The van der Waals surface area contributed by atoms with E-state index in [4.69, 9.17) is 13.6 Å². The molecule has 240 valence electrons. The fraction of sp³-hybridized carbons (Fsp3) is 0.853. The Labute approximate surface area is 261 Å². The third-order valence-corrected chi connectivity index (χ3v) is 19.8. The summed E-state index contributed by atoms with van der Waals surface area (Å²) in [6, 6.07) is 0. The van der Waals surface area contributed by atoms with Crippen LogP contribution in [0.25, 0.3) is 0 Å². The van der Waals surface area contributed by atoms with Gasteiger partial charge in [-0.1, -0.05) is 99.3 Å². The summed E-state index contributed by atoms with van der Waals surface area (Å²) in [6.07, 6.45) is 17.1. The van der Waals surface area contributed by atoms with Gasteiger partial charge in [-0.15, -0.1) is 11.8 Å². The minimum atomic E-state index is -1.91. The molecule has 0 aromatic heterocycles. The highest BCUT2D eigenvalue weighted by atomic mass is 32.2. The molecular weight excluding hydrogens is 561 g/mol. The standard InChI is InChI=1S/C34H66O4SSi2/c1-14-15-19-27(2)26-28(37-40(10,11)33(3,4)5)21-22-29-30(38-41(12,13)34(6,7)8)23-24-31(29)39-25-18-16-17-20-32(35)36-9/h21-22,24,27-30H,14-20,23,25-26H2,1-13H3/t27-,28-,29+,30-/m1/s1. The summed E-state index contributed by atoms with van der Waals surface area (Å²) in [6.45, 7) is 28.2. The predicted octanol–water partition coefficient (Wildman–Crippen LogP) is 10.9. The lowest BCUT2D eigenvalue weighted by Crippen LogP contribution is -2.45. The Kier molecular flexibility index (Phi) is 16.2. The normalized spacial score (nSPS) is 20.4. The summed E-state index contributed by atoms with van der Waals surface area (Å²) in [5.74, 6) is 1.89. The zero-order valence-corrected chi connectivity index (χ0v) is 32.0. The Bertz CT molecular complexity index is 839. The summed E-state index contributed by atoms with van der Waals surface area (Å²) in [5.41, 5.74) is 0. The molecule has 0 aromatic carbocycles. The van der Waals surface area contributed by atoms with Gasteiger partial charge in [0.05, 0.1) is 19.3 Å². The first-order chi connectivity index (χ1) is 18.8. The number of methoxy groups -OCH3 is 1. The van der Waals surface area contributed by atoms with Crippen LogP contribution in [-0.4, -0.2) is 47.7 Å². The summed E-state index contributed by atoms with van der Waals surface area (Å²) < 4.78 is 18.9. The number of carbonyl (C=O) groups is 1. The van der Waals surface area contributed by atoms with Gasteiger partial charge < -0.3 is 13.6 Å². The minimum absolute atomic E-state index is 0.106. The Morgan fingerprint density at radius 3 is 2.22 bits per heavy atom. The SMILES string of the molecule is CCCC[C@@H](C)C[C@@H](C=C[C@@H]1C(SCCCCCC(=O)OC)=CC[C@H]1O[Si](C)(C)C(C)(C)C)O[Si](C)(C)C(C)(C)C. The van der Waals surface area contributed by atoms with Gasteiger partial charge in [0, 0.05) is 12.3 Å². The van der Waals surface area contributed by atoms with Crippen LogP contribution in [0.5, 0.6) is 0 Å². The van der Waals surface area contributed by atoms with Crippen LogP contribution in [0, 0.1) is 11.8 Å². The number of rotatable bonds is 18. The molecule has 1 aliphatic rings. The Balaban J connectivity index is 3.13. The minimum Gasteiger partial charge on any atom is -0.469 e. The van der Waals surface area contributed by atoms with Crippen LogP contribution in [0.2, 0.25) is 36.3 Å². The number of esters is 1. The van der Waals surface area contributed by atoms with Gasteiger partial charge in [-0.2, -0.15) is 0 Å². The van der Waals surface area contributed by atoms with Crippen molar-refractivity contribution in [3.63, 3.8) is 0 Å². The highest BCUT2D eigenvalue weighted by Gasteiger charge is 2.42. The smallest absolute Gasteiger partial charge is 0.305 e. The van der Waals surface area contributed by atoms with Crippen LogP contribution < -0.4 is 0 Å². The molecule has 0 heterocycles. The van der Waals surface area contributed by atoms with Gasteiger partial charge in [0.25, 0.3) is 0 Å². The fourth-order valence-electron chi connectivity index (χ4n) is 4.62. The van der Waals surface area contributed by atoms with Gasteiger partial charge in [-0.3, -0.25) is 4.79 Å². The highest BCUT2D eigenvalue weighted by Crippen LogP contribution is 2.44. The van der Waals surface area contributed by atoms with Gasteiger partial charge in [-0.25, -0.2) is 0 Å². The topological polar surface area (TPSA) is 44.8 Å². The van der Waals surface area contributed by atoms with Gasteiger partial charge >= 0.3 is 5.97 Å². The van der Waals surface area contributed by atoms with Crippen molar-refractivity contribution in [1.82, 2.24) is 0 Å². The second kappa shape index (κ2) is 17.2. The number of thioether (sulfide) groups is 1. The first-order valence-corrected chi connectivity index (χ1v) is 23.1. The van der Waals surface area contributed by atoms with Gasteiger partial charge in [0.1, 0.15) is 0 Å². The van der Waals surface area contributed by atoms with Gasteiger partial charge in [0.2, 0.25) is 0 Å². The third-order valence-electron chi connectivity index (χ3n) is 9.52. The molecule has 0 aromatic rings.